The smallest absolute Gasteiger partial charge is 0.338 e. The number of phenolic OH excluding ortho intramolecular Hbond substituents is 1. The topological polar surface area (TPSA) is 46.5 Å². The minimum Gasteiger partial charge on any atom is -0.508 e. The summed E-state index contributed by atoms with van der Waals surface area (Å²) in [7, 11) is 0. The minimum atomic E-state index is -0.331. The molecule has 0 saturated carbocycles. The lowest BCUT2D eigenvalue weighted by molar-refractivity contribution is 0.0484. The molecule has 0 amide bonds. The second-order valence-electron chi connectivity index (χ2n) is 7.02. The van der Waals surface area contributed by atoms with Crippen molar-refractivity contribution in [3.63, 3.8) is 0 Å². The zero-order chi connectivity index (χ0) is 18.7. The average molecular weight is 344 g/mol. The van der Waals surface area contributed by atoms with Crippen molar-refractivity contribution < 1.29 is 14.6 Å². The van der Waals surface area contributed by atoms with Crippen LogP contribution in [0.3, 0.4) is 0 Å². The standard InChI is InChI=1S/C22H32O3/c1-17(2)7-5-8-18(3)9-6-10-19(4)15-16-25-22(24)20-11-13-21(23)14-12-20/h7,9,11-14,19,23H,5-6,8,10,15-16H2,1-4H3. The monoisotopic (exact) mass is 344 g/mol. The van der Waals surface area contributed by atoms with E-state index in [-0.39, 0.29) is 11.7 Å². The lowest BCUT2D eigenvalue weighted by atomic mass is 10.0. The van der Waals surface area contributed by atoms with E-state index < -0.39 is 0 Å². The quantitative estimate of drug-likeness (QED) is 0.415. The summed E-state index contributed by atoms with van der Waals surface area (Å²) in [4.78, 5) is 11.9. The minimum absolute atomic E-state index is 0.148. The van der Waals surface area contributed by atoms with E-state index in [0.29, 0.717) is 18.1 Å². The fourth-order valence-corrected chi connectivity index (χ4v) is 2.48. The number of rotatable bonds is 10. The number of benzene rings is 1. The molecule has 0 aromatic heterocycles. The van der Waals surface area contributed by atoms with Crippen LogP contribution in [0, 0.1) is 5.92 Å². The number of carbonyl (C=O) groups is 1. The zero-order valence-electron chi connectivity index (χ0n) is 16.0. The fourth-order valence-electron chi connectivity index (χ4n) is 2.48. The number of phenols is 1. The van der Waals surface area contributed by atoms with E-state index in [0.717, 1.165) is 32.1 Å². The lowest BCUT2D eigenvalue weighted by Crippen LogP contribution is -2.09. The third-order valence-corrected chi connectivity index (χ3v) is 4.19. The van der Waals surface area contributed by atoms with Crippen LogP contribution in [0.2, 0.25) is 0 Å². The Kier molecular flexibility index (Phi) is 9.68. The maximum Gasteiger partial charge on any atom is 0.338 e. The number of carbonyl (C=O) groups excluding carboxylic acids is 1. The number of esters is 1. The van der Waals surface area contributed by atoms with Crippen molar-refractivity contribution in [2.45, 2.75) is 59.8 Å². The third kappa shape index (κ3) is 9.75. The summed E-state index contributed by atoms with van der Waals surface area (Å²) < 4.78 is 5.30. The van der Waals surface area contributed by atoms with Gasteiger partial charge >= 0.3 is 5.97 Å². The first kappa shape index (κ1) is 21.0. The molecule has 0 bridgehead atoms. The highest BCUT2D eigenvalue weighted by Crippen LogP contribution is 2.15. The molecule has 0 aliphatic heterocycles. The Morgan fingerprint density at radius 3 is 2.40 bits per heavy atom. The molecule has 25 heavy (non-hydrogen) atoms. The maximum absolute atomic E-state index is 11.9. The molecule has 3 nitrogen and oxygen atoms in total. The van der Waals surface area contributed by atoms with Gasteiger partial charge in [0.05, 0.1) is 12.2 Å². The largest absolute Gasteiger partial charge is 0.508 e. The van der Waals surface area contributed by atoms with Gasteiger partial charge in [-0.1, -0.05) is 30.2 Å². The van der Waals surface area contributed by atoms with Crippen LogP contribution < -0.4 is 0 Å². The van der Waals surface area contributed by atoms with Crippen LogP contribution in [0.1, 0.15) is 70.2 Å². The molecule has 1 aromatic rings. The normalized spacial score (nSPS) is 12.6. The summed E-state index contributed by atoms with van der Waals surface area (Å²) in [6, 6.07) is 6.13. The van der Waals surface area contributed by atoms with Crippen molar-refractivity contribution in [2.24, 2.45) is 5.92 Å². The lowest BCUT2D eigenvalue weighted by Gasteiger charge is -2.11. The van der Waals surface area contributed by atoms with E-state index in [1.807, 2.05) is 0 Å². The van der Waals surface area contributed by atoms with Gasteiger partial charge in [-0.05, 0) is 83.1 Å². The Labute approximate surface area is 152 Å². The van der Waals surface area contributed by atoms with Crippen LogP contribution >= 0.6 is 0 Å². The van der Waals surface area contributed by atoms with Gasteiger partial charge in [-0.2, -0.15) is 0 Å². The number of hydrogen-bond donors (Lipinski definition) is 1. The summed E-state index contributed by atoms with van der Waals surface area (Å²) in [5, 5.41) is 9.22. The van der Waals surface area contributed by atoms with Crippen molar-refractivity contribution in [1.29, 1.82) is 0 Å². The van der Waals surface area contributed by atoms with E-state index >= 15 is 0 Å². The highest BCUT2D eigenvalue weighted by atomic mass is 16.5. The molecule has 1 rings (SSSR count). The fraction of sp³-hybridized carbons (Fsp3) is 0.500. The third-order valence-electron chi connectivity index (χ3n) is 4.19. The Hall–Kier alpha value is -2.03. The number of ether oxygens (including phenoxy) is 1. The number of hydrogen-bond acceptors (Lipinski definition) is 3. The van der Waals surface area contributed by atoms with Gasteiger partial charge in [-0.25, -0.2) is 4.79 Å². The molecule has 138 valence electrons. The molecule has 0 aliphatic carbocycles. The predicted octanol–water partition coefficient (Wildman–Crippen LogP) is 6.05. The molecule has 0 aliphatic rings. The van der Waals surface area contributed by atoms with Gasteiger partial charge in [0.1, 0.15) is 5.75 Å². The van der Waals surface area contributed by atoms with Gasteiger partial charge in [0.25, 0.3) is 0 Å². The summed E-state index contributed by atoms with van der Waals surface area (Å²) in [6.45, 7) is 9.10. The van der Waals surface area contributed by atoms with Crippen LogP contribution in [0.4, 0.5) is 0 Å². The molecule has 1 aromatic carbocycles. The van der Waals surface area contributed by atoms with E-state index in [4.69, 9.17) is 4.74 Å². The van der Waals surface area contributed by atoms with E-state index in [9.17, 15) is 9.90 Å². The van der Waals surface area contributed by atoms with Gasteiger partial charge in [0, 0.05) is 0 Å². The molecule has 1 N–H and O–H groups in total. The molecular weight excluding hydrogens is 312 g/mol. The Bertz CT molecular complexity index is 578. The molecule has 0 fully saturated rings. The highest BCUT2D eigenvalue weighted by molar-refractivity contribution is 5.89. The van der Waals surface area contributed by atoms with Crippen LogP contribution in [0.15, 0.2) is 47.6 Å². The van der Waals surface area contributed by atoms with Gasteiger partial charge in [0.15, 0.2) is 0 Å². The average Bonchev–Trinajstić information content (AvgIpc) is 2.55. The van der Waals surface area contributed by atoms with E-state index in [1.165, 1.54) is 23.3 Å². The van der Waals surface area contributed by atoms with Crippen molar-refractivity contribution in [3.05, 3.63) is 53.1 Å². The van der Waals surface area contributed by atoms with Gasteiger partial charge in [-0.15, -0.1) is 0 Å². The van der Waals surface area contributed by atoms with Crippen LogP contribution in [-0.2, 0) is 4.74 Å². The highest BCUT2D eigenvalue weighted by Gasteiger charge is 2.08. The van der Waals surface area contributed by atoms with Crippen molar-refractivity contribution >= 4 is 5.97 Å². The summed E-state index contributed by atoms with van der Waals surface area (Å²) >= 11 is 0. The number of allylic oxidation sites excluding steroid dienone is 4. The first-order chi connectivity index (χ1) is 11.9. The SMILES string of the molecule is CC(C)=CCCC(C)=CCCC(C)CCOC(=O)c1ccc(O)cc1. The van der Waals surface area contributed by atoms with Crippen LogP contribution in [-0.4, -0.2) is 17.7 Å². The van der Waals surface area contributed by atoms with E-state index in [1.54, 1.807) is 12.1 Å². The zero-order valence-corrected chi connectivity index (χ0v) is 16.0. The summed E-state index contributed by atoms with van der Waals surface area (Å²) in [5.74, 6) is 0.339. The van der Waals surface area contributed by atoms with Gasteiger partial charge in [0.2, 0.25) is 0 Å². The molecule has 0 radical (unpaired) electrons. The molecule has 1 atom stereocenters. The van der Waals surface area contributed by atoms with Crippen molar-refractivity contribution in [2.75, 3.05) is 6.61 Å². The first-order valence-corrected chi connectivity index (χ1v) is 9.13. The van der Waals surface area contributed by atoms with Crippen molar-refractivity contribution in [3.8, 4) is 5.75 Å². The first-order valence-electron chi connectivity index (χ1n) is 9.13. The van der Waals surface area contributed by atoms with Crippen LogP contribution in [0.5, 0.6) is 5.75 Å². The Morgan fingerprint density at radius 2 is 1.76 bits per heavy atom. The van der Waals surface area contributed by atoms with E-state index in [2.05, 4.69) is 39.8 Å². The van der Waals surface area contributed by atoms with Gasteiger partial charge in [-0.3, -0.25) is 0 Å². The van der Waals surface area contributed by atoms with Crippen molar-refractivity contribution in [1.82, 2.24) is 0 Å². The molecule has 0 saturated heterocycles. The molecule has 0 heterocycles. The molecule has 1 unspecified atom stereocenters. The maximum atomic E-state index is 11.9. The molecule has 0 spiro atoms. The molecular formula is C22H32O3. The Morgan fingerprint density at radius 1 is 1.08 bits per heavy atom. The molecule has 3 heteroatoms. The van der Waals surface area contributed by atoms with Gasteiger partial charge < -0.3 is 9.84 Å². The van der Waals surface area contributed by atoms with Crippen LogP contribution in [0.25, 0.3) is 0 Å². The summed E-state index contributed by atoms with van der Waals surface area (Å²) in [6.07, 6.45) is 9.91. The second-order valence-corrected chi connectivity index (χ2v) is 7.02. The Balaban J connectivity index is 2.20. The predicted molar refractivity (Wildman–Crippen MR) is 104 cm³/mol. The second kappa shape index (κ2) is 11.5. The summed E-state index contributed by atoms with van der Waals surface area (Å²) in [5.41, 5.74) is 3.30. The number of aromatic hydroxyl groups is 1.